The number of para-hydroxylation sites is 1. The van der Waals surface area contributed by atoms with E-state index in [2.05, 4.69) is 204 Å². The molecule has 0 fully saturated rings. The minimum Gasteiger partial charge on any atom is -0.420 e. The molecule has 2 heterocycles. The van der Waals surface area contributed by atoms with Crippen LogP contribution in [0, 0.1) is 0 Å². The fourth-order valence-corrected chi connectivity index (χ4v) is 8.64. The Morgan fingerprint density at radius 3 is 1.53 bits per heavy atom. The summed E-state index contributed by atoms with van der Waals surface area (Å²) in [6, 6.07) is 76.3. The average Bonchev–Trinajstić information content (AvgIpc) is 3.65. The summed E-state index contributed by atoms with van der Waals surface area (Å²) in [6.45, 7) is 0. The molecule has 0 N–H and O–H groups in total. The first-order valence-electron chi connectivity index (χ1n) is 19.9. The van der Waals surface area contributed by atoms with E-state index in [-0.39, 0.29) is 5.63 Å². The minimum atomic E-state index is -0.334. The van der Waals surface area contributed by atoms with Gasteiger partial charge in [-0.15, -0.1) is 0 Å². The Hall–Kier alpha value is -7.95. The second-order valence-corrected chi connectivity index (χ2v) is 14.9. The number of aromatic nitrogens is 1. The second-order valence-electron chi connectivity index (χ2n) is 14.9. The SMILES string of the molecule is O=c1oc2c(ccc3c4ccccc4n(-c4cccc(-c5ccc(N(c6cccc(-c7ccccc7)c6)c6cccc(-c7ccccc7)c6)cc5)c4)c32)c2ccccc12. The van der Waals surface area contributed by atoms with E-state index in [9.17, 15) is 4.79 Å². The molecule has 4 nitrogen and oxygen atoms in total. The van der Waals surface area contributed by atoms with E-state index in [0.29, 0.717) is 11.0 Å². The normalized spacial score (nSPS) is 11.5. The number of hydrogen-bond donors (Lipinski definition) is 0. The topological polar surface area (TPSA) is 38.4 Å². The summed E-state index contributed by atoms with van der Waals surface area (Å²) in [7, 11) is 0. The lowest BCUT2D eigenvalue weighted by molar-refractivity contribution is 0.572. The predicted molar refractivity (Wildman–Crippen MR) is 245 cm³/mol. The van der Waals surface area contributed by atoms with Crippen molar-refractivity contribution in [1.82, 2.24) is 4.57 Å². The van der Waals surface area contributed by atoms with Gasteiger partial charge in [-0.25, -0.2) is 4.79 Å². The summed E-state index contributed by atoms with van der Waals surface area (Å²) in [4.78, 5) is 15.7. The number of nitrogens with zero attached hydrogens (tertiary/aromatic N) is 2. The van der Waals surface area contributed by atoms with Crippen molar-refractivity contribution < 1.29 is 4.42 Å². The minimum absolute atomic E-state index is 0.334. The van der Waals surface area contributed by atoms with E-state index < -0.39 is 0 Å². The van der Waals surface area contributed by atoms with Crippen LogP contribution in [0.1, 0.15) is 0 Å². The van der Waals surface area contributed by atoms with E-state index in [1.54, 1.807) is 0 Å². The van der Waals surface area contributed by atoms with Gasteiger partial charge in [0.05, 0.1) is 16.4 Å². The third-order valence-electron chi connectivity index (χ3n) is 11.4. The van der Waals surface area contributed by atoms with Crippen LogP contribution in [0.15, 0.2) is 228 Å². The standard InChI is InChI=1S/C55H36N2O2/c58-55-51-26-8-7-24-47(51)50-33-32-49-48-25-9-10-27-52(48)57(53(49)54(50)59-55)46-23-13-20-42(36-46)39-28-30-43(31-29-39)56(44-21-11-18-40(34-44)37-14-3-1-4-15-37)45-22-12-19-41(35-45)38-16-5-2-6-17-38/h1-36H. The van der Waals surface area contributed by atoms with Gasteiger partial charge in [0.15, 0.2) is 5.58 Å². The summed E-state index contributed by atoms with van der Waals surface area (Å²) in [5.41, 5.74) is 13.2. The van der Waals surface area contributed by atoms with Crippen LogP contribution in [-0.2, 0) is 0 Å². The summed E-state index contributed by atoms with van der Waals surface area (Å²) in [5.74, 6) is 0. The van der Waals surface area contributed by atoms with Crippen LogP contribution in [0.3, 0.4) is 0 Å². The number of rotatable bonds is 7. The highest BCUT2D eigenvalue weighted by atomic mass is 16.4. The third-order valence-corrected chi connectivity index (χ3v) is 11.4. The van der Waals surface area contributed by atoms with E-state index in [4.69, 9.17) is 4.42 Å². The highest BCUT2D eigenvalue weighted by Gasteiger charge is 2.20. The molecule has 278 valence electrons. The van der Waals surface area contributed by atoms with Gasteiger partial charge in [0.1, 0.15) is 0 Å². The first-order chi connectivity index (χ1) is 29.2. The largest absolute Gasteiger partial charge is 0.420 e. The Kier molecular flexibility index (Phi) is 8.26. The Morgan fingerprint density at radius 1 is 0.356 bits per heavy atom. The monoisotopic (exact) mass is 756 g/mol. The second kappa shape index (κ2) is 14.2. The molecular weight excluding hydrogens is 721 g/mol. The van der Waals surface area contributed by atoms with Crippen LogP contribution >= 0.6 is 0 Å². The Labute approximate surface area is 341 Å². The molecule has 0 aliphatic carbocycles. The van der Waals surface area contributed by atoms with Gasteiger partial charge in [-0.2, -0.15) is 0 Å². The average molecular weight is 757 g/mol. The zero-order chi connectivity index (χ0) is 39.3. The summed E-state index contributed by atoms with van der Waals surface area (Å²) in [5, 5.41) is 4.52. The molecule has 4 heteroatoms. The van der Waals surface area contributed by atoms with Crippen molar-refractivity contribution in [2.75, 3.05) is 4.90 Å². The molecule has 0 aliphatic rings. The van der Waals surface area contributed by atoms with Crippen LogP contribution in [0.25, 0.3) is 82.6 Å². The van der Waals surface area contributed by atoms with E-state index in [1.807, 2.05) is 24.3 Å². The molecule has 0 aliphatic heterocycles. The van der Waals surface area contributed by atoms with Crippen molar-refractivity contribution in [2.24, 2.45) is 0 Å². The van der Waals surface area contributed by atoms with Gasteiger partial charge in [0.25, 0.3) is 0 Å². The van der Waals surface area contributed by atoms with Crippen molar-refractivity contribution in [3.05, 3.63) is 229 Å². The number of fused-ring (bicyclic) bond motifs is 7. The van der Waals surface area contributed by atoms with E-state index in [0.717, 1.165) is 77.6 Å². The summed E-state index contributed by atoms with van der Waals surface area (Å²) in [6.07, 6.45) is 0. The molecular formula is C55H36N2O2. The molecule has 11 aromatic rings. The highest BCUT2D eigenvalue weighted by Crippen LogP contribution is 2.41. The van der Waals surface area contributed by atoms with Crippen LogP contribution in [0.4, 0.5) is 17.1 Å². The first-order valence-corrected chi connectivity index (χ1v) is 19.9. The molecule has 0 saturated heterocycles. The third kappa shape index (κ3) is 5.98. The summed E-state index contributed by atoms with van der Waals surface area (Å²) < 4.78 is 8.43. The molecule has 11 rings (SSSR count). The van der Waals surface area contributed by atoms with Gasteiger partial charge in [0, 0.05) is 38.9 Å². The van der Waals surface area contributed by atoms with Crippen molar-refractivity contribution in [1.29, 1.82) is 0 Å². The number of benzene rings is 9. The molecule has 0 amide bonds. The predicted octanol–water partition coefficient (Wildman–Crippen LogP) is 14.5. The van der Waals surface area contributed by atoms with Gasteiger partial charge in [-0.3, -0.25) is 0 Å². The molecule has 2 aromatic heterocycles. The lowest BCUT2D eigenvalue weighted by atomic mass is 10.0. The van der Waals surface area contributed by atoms with E-state index in [1.165, 1.54) is 11.1 Å². The highest BCUT2D eigenvalue weighted by molar-refractivity contribution is 6.20. The molecule has 0 radical (unpaired) electrons. The molecule has 0 spiro atoms. The zero-order valence-electron chi connectivity index (χ0n) is 32.0. The maximum Gasteiger partial charge on any atom is 0.344 e. The van der Waals surface area contributed by atoms with Gasteiger partial charge < -0.3 is 13.9 Å². The van der Waals surface area contributed by atoms with Crippen LogP contribution in [-0.4, -0.2) is 4.57 Å². The molecule has 0 atom stereocenters. The molecule has 0 bridgehead atoms. The van der Waals surface area contributed by atoms with Gasteiger partial charge >= 0.3 is 5.63 Å². The molecule has 59 heavy (non-hydrogen) atoms. The summed E-state index contributed by atoms with van der Waals surface area (Å²) >= 11 is 0. The lowest BCUT2D eigenvalue weighted by Crippen LogP contribution is -2.10. The van der Waals surface area contributed by atoms with Crippen molar-refractivity contribution in [2.45, 2.75) is 0 Å². The van der Waals surface area contributed by atoms with Gasteiger partial charge in [-0.05, 0) is 105 Å². The maximum atomic E-state index is 13.4. The van der Waals surface area contributed by atoms with Crippen molar-refractivity contribution in [3.63, 3.8) is 0 Å². The Bertz CT molecular complexity index is 3320. The maximum absolute atomic E-state index is 13.4. The van der Waals surface area contributed by atoms with Crippen molar-refractivity contribution >= 4 is 60.6 Å². The van der Waals surface area contributed by atoms with Gasteiger partial charge in [-0.1, -0.05) is 152 Å². The number of hydrogen-bond acceptors (Lipinski definition) is 3. The van der Waals surface area contributed by atoms with Crippen LogP contribution in [0.2, 0.25) is 0 Å². The zero-order valence-corrected chi connectivity index (χ0v) is 32.0. The Morgan fingerprint density at radius 2 is 0.864 bits per heavy atom. The quantitative estimate of drug-likeness (QED) is 0.120. The van der Waals surface area contributed by atoms with Gasteiger partial charge in [0.2, 0.25) is 0 Å². The fourth-order valence-electron chi connectivity index (χ4n) is 8.64. The smallest absolute Gasteiger partial charge is 0.344 e. The van der Waals surface area contributed by atoms with E-state index >= 15 is 0 Å². The number of anilines is 3. The molecule has 0 unspecified atom stereocenters. The van der Waals surface area contributed by atoms with Crippen molar-refractivity contribution in [3.8, 4) is 39.1 Å². The van der Waals surface area contributed by atoms with Crippen LogP contribution in [0.5, 0.6) is 0 Å². The Balaban J connectivity index is 1.04. The van der Waals surface area contributed by atoms with Crippen LogP contribution < -0.4 is 10.5 Å². The fraction of sp³-hybridized carbons (Fsp3) is 0. The lowest BCUT2D eigenvalue weighted by Gasteiger charge is -2.27. The molecule has 0 saturated carbocycles. The first kappa shape index (κ1) is 34.3. The molecule has 9 aromatic carbocycles.